The average molecular weight is 243 g/mol. The second kappa shape index (κ2) is 6.45. The molecule has 0 spiro atoms. The number of benzene rings is 1. The Kier molecular flexibility index (Phi) is 7.95. The first kappa shape index (κ1) is 17.3. The van der Waals surface area contributed by atoms with Crippen molar-refractivity contribution in [3.05, 3.63) is 29.3 Å². The Balaban J connectivity index is 0. The topological polar surface area (TPSA) is 26.0 Å². The molecule has 0 radical (unpaired) electrons. The van der Waals surface area contributed by atoms with Gasteiger partial charge in [-0.15, -0.1) is 0 Å². The number of nitrogen functional groups attached to an aromatic ring is 1. The van der Waals surface area contributed by atoms with Gasteiger partial charge in [0, 0.05) is 18.2 Å². The van der Waals surface area contributed by atoms with Crippen molar-refractivity contribution in [1.29, 1.82) is 0 Å². The van der Waals surface area contributed by atoms with E-state index in [-0.39, 0.29) is 70.4 Å². The van der Waals surface area contributed by atoms with Crippen LogP contribution in [0.15, 0.2) is 18.2 Å². The van der Waals surface area contributed by atoms with Crippen LogP contribution in [0.5, 0.6) is 0 Å². The monoisotopic (exact) mass is 243 g/mol. The number of aryl methyl sites for hydroxylation is 1. The second-order valence-corrected chi connectivity index (χ2v) is 2.96. The van der Waals surface area contributed by atoms with Crippen molar-refractivity contribution in [3.63, 3.8) is 0 Å². The number of hydrogen-bond acceptors (Lipinski definition) is 2. The Morgan fingerprint density at radius 2 is 1.79 bits per heavy atom. The van der Waals surface area contributed by atoms with Gasteiger partial charge in [-0.05, 0) is 24.6 Å². The van der Waals surface area contributed by atoms with Gasteiger partial charge in [0.25, 0.3) is 5.92 Å². The van der Waals surface area contributed by atoms with Crippen molar-refractivity contribution in [2.24, 2.45) is 0 Å². The van der Waals surface area contributed by atoms with E-state index in [1.807, 2.05) is 0 Å². The molecule has 1 aromatic rings. The van der Waals surface area contributed by atoms with Gasteiger partial charge in [0.1, 0.15) is 0 Å². The van der Waals surface area contributed by atoms with Crippen molar-refractivity contribution in [2.75, 3.05) is 5.73 Å². The number of anilines is 1. The molecule has 5 heteroatoms. The molecule has 0 heterocycles. The summed E-state index contributed by atoms with van der Waals surface area (Å²) in [6.45, 7) is 2.51. The molecular formula is C9H12F2KNS. The molecule has 0 aliphatic carbocycles. The molecular weight excluding hydrogens is 231 g/mol. The van der Waals surface area contributed by atoms with Crippen molar-refractivity contribution >= 4 is 19.2 Å². The zero-order valence-electron chi connectivity index (χ0n) is 8.51. The van der Waals surface area contributed by atoms with Crippen molar-refractivity contribution in [1.82, 2.24) is 0 Å². The molecule has 0 bridgehead atoms. The van der Waals surface area contributed by atoms with E-state index in [9.17, 15) is 8.78 Å². The smallest absolute Gasteiger partial charge is 0.813 e. The molecule has 2 N–H and O–H groups in total. The van der Waals surface area contributed by atoms with E-state index in [0.717, 1.165) is 6.92 Å². The third-order valence-electron chi connectivity index (χ3n) is 1.73. The Morgan fingerprint density at radius 1 is 1.29 bits per heavy atom. The van der Waals surface area contributed by atoms with Crippen molar-refractivity contribution < 1.29 is 60.2 Å². The predicted octanol–water partition coefficient (Wildman–Crippen LogP) is -0.577. The predicted molar refractivity (Wildman–Crippen MR) is 53.9 cm³/mol. The molecule has 0 saturated heterocycles. The third kappa shape index (κ3) is 4.59. The van der Waals surface area contributed by atoms with E-state index in [0.29, 0.717) is 11.3 Å². The zero-order valence-corrected chi connectivity index (χ0v) is 12.5. The van der Waals surface area contributed by atoms with E-state index in [4.69, 9.17) is 5.73 Å². The largest absolute Gasteiger partial charge is 1.00 e. The number of thiol groups is 1. The molecule has 1 nitrogen and oxygen atoms in total. The normalized spacial score (nSPS) is 10.0. The molecule has 74 valence electrons. The van der Waals surface area contributed by atoms with E-state index in [2.05, 4.69) is 0 Å². The SMILES string of the molecule is Cc1ccc(N)cc1C(C)(F)F.[K+].[SH-]. The van der Waals surface area contributed by atoms with Gasteiger partial charge in [-0.2, -0.15) is 0 Å². The molecule has 1 aromatic carbocycles. The number of halogens is 2. The van der Waals surface area contributed by atoms with Crippen LogP contribution < -0.4 is 57.1 Å². The molecule has 0 fully saturated rings. The van der Waals surface area contributed by atoms with Gasteiger partial charge in [0.15, 0.2) is 0 Å². The molecule has 0 aromatic heterocycles. The molecule has 0 aliphatic heterocycles. The summed E-state index contributed by atoms with van der Waals surface area (Å²) in [6, 6.07) is 4.53. The summed E-state index contributed by atoms with van der Waals surface area (Å²) in [4.78, 5) is 0. The van der Waals surface area contributed by atoms with Crippen LogP contribution in [0.1, 0.15) is 18.1 Å². The molecule has 0 saturated carbocycles. The molecule has 0 amide bonds. The van der Waals surface area contributed by atoms with Crippen LogP contribution in [0, 0.1) is 6.92 Å². The van der Waals surface area contributed by atoms with Gasteiger partial charge < -0.3 is 19.2 Å². The summed E-state index contributed by atoms with van der Waals surface area (Å²) < 4.78 is 25.7. The molecule has 0 aliphatic rings. The summed E-state index contributed by atoms with van der Waals surface area (Å²) in [5.41, 5.74) is 6.33. The summed E-state index contributed by atoms with van der Waals surface area (Å²) in [5.74, 6) is -2.81. The molecule has 1 rings (SSSR count). The van der Waals surface area contributed by atoms with Gasteiger partial charge in [0.05, 0.1) is 0 Å². The Morgan fingerprint density at radius 3 is 2.14 bits per heavy atom. The van der Waals surface area contributed by atoms with Gasteiger partial charge in [-0.3, -0.25) is 0 Å². The fourth-order valence-electron chi connectivity index (χ4n) is 1.11. The van der Waals surface area contributed by atoms with Crippen LogP contribution in [0.4, 0.5) is 14.5 Å². The Labute approximate surface area is 132 Å². The fourth-order valence-corrected chi connectivity index (χ4v) is 1.11. The Bertz CT molecular complexity index is 299. The number of alkyl halides is 2. The molecule has 0 atom stereocenters. The summed E-state index contributed by atoms with van der Waals surface area (Å²) >= 11 is 0. The Hall–Kier alpha value is 0.866. The van der Waals surface area contributed by atoms with Crippen molar-refractivity contribution in [2.45, 2.75) is 19.8 Å². The summed E-state index contributed by atoms with van der Waals surface area (Å²) in [7, 11) is 0. The van der Waals surface area contributed by atoms with Crippen LogP contribution in [0.25, 0.3) is 0 Å². The first-order valence-electron chi connectivity index (χ1n) is 3.65. The van der Waals surface area contributed by atoms with E-state index >= 15 is 0 Å². The van der Waals surface area contributed by atoms with E-state index < -0.39 is 5.92 Å². The maximum Gasteiger partial charge on any atom is 1.00 e. The molecule has 0 unspecified atom stereocenters. The van der Waals surface area contributed by atoms with E-state index in [1.54, 1.807) is 19.1 Å². The minimum atomic E-state index is -2.81. The molecule has 14 heavy (non-hydrogen) atoms. The standard InChI is InChI=1S/C9H11F2N.K.H2S/c1-6-3-4-7(12)5-8(6)9(2,10)11;;/h3-5H,12H2,1-2H3;;1H2/q;+1;/p-1. The summed E-state index contributed by atoms with van der Waals surface area (Å²) in [6.07, 6.45) is 0. The first-order chi connectivity index (χ1) is 5.41. The van der Waals surface area contributed by atoms with Gasteiger partial charge in [-0.25, -0.2) is 8.78 Å². The van der Waals surface area contributed by atoms with Crippen LogP contribution in [-0.2, 0) is 19.4 Å². The quantitative estimate of drug-likeness (QED) is 0.309. The third-order valence-corrected chi connectivity index (χ3v) is 1.73. The van der Waals surface area contributed by atoms with E-state index in [1.165, 1.54) is 6.07 Å². The maximum absolute atomic E-state index is 12.8. The van der Waals surface area contributed by atoms with Crippen LogP contribution in [0.3, 0.4) is 0 Å². The second-order valence-electron chi connectivity index (χ2n) is 2.96. The van der Waals surface area contributed by atoms with Crippen LogP contribution in [0.2, 0.25) is 0 Å². The van der Waals surface area contributed by atoms with Crippen LogP contribution in [-0.4, -0.2) is 0 Å². The fraction of sp³-hybridized carbons (Fsp3) is 0.333. The first-order valence-corrected chi connectivity index (χ1v) is 3.65. The van der Waals surface area contributed by atoms with Crippen molar-refractivity contribution in [3.8, 4) is 0 Å². The minimum Gasteiger partial charge on any atom is -0.813 e. The number of nitrogens with two attached hydrogens (primary N) is 1. The van der Waals surface area contributed by atoms with Crippen LogP contribution >= 0.6 is 0 Å². The summed E-state index contributed by atoms with van der Waals surface area (Å²) in [5, 5.41) is 0. The average Bonchev–Trinajstić information content (AvgIpc) is 1.92. The maximum atomic E-state index is 12.8. The number of rotatable bonds is 1. The zero-order chi connectivity index (χ0) is 9.35. The number of hydrogen-bond donors (Lipinski definition) is 1. The van der Waals surface area contributed by atoms with Gasteiger partial charge in [-0.1, -0.05) is 6.07 Å². The van der Waals surface area contributed by atoms with Gasteiger partial charge in [0.2, 0.25) is 0 Å². The minimum absolute atomic E-state index is 0. The van der Waals surface area contributed by atoms with Gasteiger partial charge >= 0.3 is 51.4 Å².